The van der Waals surface area contributed by atoms with Crippen molar-refractivity contribution in [2.45, 2.75) is 38.0 Å². The van der Waals surface area contributed by atoms with E-state index >= 15 is 0 Å². The monoisotopic (exact) mass is 447 g/mol. The Kier molecular flexibility index (Phi) is 5.79. The topological polar surface area (TPSA) is 69.7 Å². The molecule has 30 heavy (non-hydrogen) atoms. The first-order chi connectivity index (χ1) is 14.3. The Labute approximate surface area is 182 Å². The number of hydrogen-bond acceptors (Lipinski definition) is 3. The van der Waals surface area contributed by atoms with Gasteiger partial charge in [-0.2, -0.15) is 4.31 Å². The van der Waals surface area contributed by atoms with Crippen molar-refractivity contribution < 1.29 is 13.2 Å². The van der Waals surface area contributed by atoms with Crippen LogP contribution in [0.2, 0.25) is 5.02 Å². The Balaban J connectivity index is 1.53. The predicted molar refractivity (Wildman–Crippen MR) is 120 cm³/mol. The number of sulfonamides is 1. The van der Waals surface area contributed by atoms with E-state index in [0.29, 0.717) is 47.6 Å². The number of halogens is 1. The maximum atomic E-state index is 13.0. The van der Waals surface area contributed by atoms with Crippen LogP contribution in [0.1, 0.15) is 30.9 Å². The Hall–Kier alpha value is -2.09. The molecule has 0 aliphatic carbocycles. The lowest BCUT2D eigenvalue weighted by atomic mass is 10.0. The average Bonchev–Trinajstić information content (AvgIpc) is 3.15. The molecular weight excluding hydrogens is 422 g/mol. The standard InChI is InChI=1S/C22H26ClN3O3S/c1-15-8-11-25(12-9-15)30(28,29)18-6-7-21-17(14-18)10-13-26(21)22(27)24-20-5-3-4-19(23)16(20)2/h3-7,14-15H,8-13H2,1-2H3,(H,24,27). The van der Waals surface area contributed by atoms with Crippen molar-refractivity contribution in [3.05, 3.63) is 52.5 Å². The van der Waals surface area contributed by atoms with Gasteiger partial charge in [-0.15, -0.1) is 0 Å². The number of hydrogen-bond donors (Lipinski definition) is 1. The summed E-state index contributed by atoms with van der Waals surface area (Å²) in [6, 6.07) is 10.2. The summed E-state index contributed by atoms with van der Waals surface area (Å²) in [7, 11) is -3.50. The Bertz CT molecular complexity index is 1080. The highest BCUT2D eigenvalue weighted by atomic mass is 35.5. The van der Waals surface area contributed by atoms with Crippen LogP contribution in [0.3, 0.4) is 0 Å². The summed E-state index contributed by atoms with van der Waals surface area (Å²) >= 11 is 6.14. The zero-order chi connectivity index (χ0) is 21.5. The molecule has 160 valence electrons. The summed E-state index contributed by atoms with van der Waals surface area (Å²) < 4.78 is 27.7. The van der Waals surface area contributed by atoms with Crippen LogP contribution in [0, 0.1) is 12.8 Å². The van der Waals surface area contributed by atoms with Crippen LogP contribution in [0.4, 0.5) is 16.2 Å². The molecular formula is C22H26ClN3O3S. The van der Waals surface area contributed by atoms with E-state index in [-0.39, 0.29) is 6.03 Å². The number of nitrogens with one attached hydrogen (secondary N) is 1. The van der Waals surface area contributed by atoms with Crippen molar-refractivity contribution in [3.8, 4) is 0 Å². The molecule has 1 N–H and O–H groups in total. The number of amides is 2. The molecule has 2 aromatic rings. The van der Waals surface area contributed by atoms with E-state index in [0.717, 1.165) is 29.7 Å². The Morgan fingerprint density at radius 3 is 2.60 bits per heavy atom. The van der Waals surface area contributed by atoms with Crippen LogP contribution in [-0.2, 0) is 16.4 Å². The van der Waals surface area contributed by atoms with Gasteiger partial charge in [-0.25, -0.2) is 13.2 Å². The second kappa shape index (κ2) is 8.21. The lowest BCUT2D eigenvalue weighted by Gasteiger charge is -2.29. The zero-order valence-electron chi connectivity index (χ0n) is 17.2. The fraction of sp³-hybridized carbons (Fsp3) is 0.409. The average molecular weight is 448 g/mol. The van der Waals surface area contributed by atoms with Crippen LogP contribution in [0.5, 0.6) is 0 Å². The Morgan fingerprint density at radius 2 is 1.87 bits per heavy atom. The third-order valence-electron chi connectivity index (χ3n) is 6.08. The number of carbonyl (C=O) groups is 1. The van der Waals surface area contributed by atoms with Crippen molar-refractivity contribution in [1.82, 2.24) is 4.31 Å². The summed E-state index contributed by atoms with van der Waals surface area (Å²) in [5.74, 6) is 0.562. The smallest absolute Gasteiger partial charge is 0.307 e. The number of piperidine rings is 1. The molecule has 1 fully saturated rings. The summed E-state index contributed by atoms with van der Waals surface area (Å²) in [6.45, 7) is 5.64. The maximum absolute atomic E-state index is 13.0. The SMILES string of the molecule is Cc1c(Cl)cccc1NC(=O)N1CCc2cc(S(=O)(=O)N3CCC(C)CC3)ccc21. The minimum Gasteiger partial charge on any atom is -0.307 e. The van der Waals surface area contributed by atoms with Crippen molar-refractivity contribution in [2.24, 2.45) is 5.92 Å². The third kappa shape index (κ3) is 3.94. The highest BCUT2D eigenvalue weighted by Crippen LogP contribution is 2.33. The van der Waals surface area contributed by atoms with Gasteiger partial charge in [-0.05, 0) is 73.6 Å². The lowest BCUT2D eigenvalue weighted by Crippen LogP contribution is -2.37. The van der Waals surface area contributed by atoms with E-state index < -0.39 is 10.0 Å². The van der Waals surface area contributed by atoms with Gasteiger partial charge in [-0.1, -0.05) is 24.6 Å². The number of urea groups is 1. The molecule has 0 atom stereocenters. The maximum Gasteiger partial charge on any atom is 0.326 e. The van der Waals surface area contributed by atoms with Crippen molar-refractivity contribution in [3.63, 3.8) is 0 Å². The van der Waals surface area contributed by atoms with Crippen LogP contribution >= 0.6 is 11.6 Å². The molecule has 0 aromatic heterocycles. The first-order valence-corrected chi connectivity index (χ1v) is 12.1. The normalized spacial score (nSPS) is 17.8. The van der Waals surface area contributed by atoms with Crippen LogP contribution in [0.15, 0.2) is 41.3 Å². The molecule has 0 radical (unpaired) electrons. The van der Waals surface area contributed by atoms with E-state index in [2.05, 4.69) is 12.2 Å². The van der Waals surface area contributed by atoms with E-state index in [1.807, 2.05) is 13.0 Å². The molecule has 2 aliphatic heterocycles. The van der Waals surface area contributed by atoms with Gasteiger partial charge in [0.25, 0.3) is 0 Å². The quantitative estimate of drug-likeness (QED) is 0.743. The number of fused-ring (bicyclic) bond motifs is 1. The van der Waals surface area contributed by atoms with Gasteiger partial charge in [0.15, 0.2) is 0 Å². The number of carbonyl (C=O) groups excluding carboxylic acids is 1. The van der Waals surface area contributed by atoms with Gasteiger partial charge in [0.1, 0.15) is 0 Å². The number of nitrogens with zero attached hydrogens (tertiary/aromatic N) is 2. The highest BCUT2D eigenvalue weighted by molar-refractivity contribution is 7.89. The van der Waals surface area contributed by atoms with Crippen molar-refractivity contribution in [2.75, 3.05) is 29.9 Å². The zero-order valence-corrected chi connectivity index (χ0v) is 18.8. The van der Waals surface area contributed by atoms with Crippen molar-refractivity contribution in [1.29, 1.82) is 0 Å². The number of benzene rings is 2. The minimum atomic E-state index is -3.50. The molecule has 2 heterocycles. The molecule has 6 nitrogen and oxygen atoms in total. The fourth-order valence-electron chi connectivity index (χ4n) is 4.05. The van der Waals surface area contributed by atoms with Gasteiger partial charge in [0.2, 0.25) is 10.0 Å². The predicted octanol–water partition coefficient (Wildman–Crippen LogP) is 4.66. The lowest BCUT2D eigenvalue weighted by molar-refractivity contribution is 0.257. The number of anilines is 2. The molecule has 4 rings (SSSR count). The van der Waals surface area contributed by atoms with E-state index in [4.69, 9.17) is 11.6 Å². The van der Waals surface area contributed by atoms with Gasteiger partial charge in [-0.3, -0.25) is 4.90 Å². The molecule has 2 aromatic carbocycles. The second-order valence-electron chi connectivity index (χ2n) is 8.12. The molecule has 8 heteroatoms. The van der Waals surface area contributed by atoms with E-state index in [9.17, 15) is 13.2 Å². The van der Waals surface area contributed by atoms with Gasteiger partial charge in [0, 0.05) is 36.0 Å². The minimum absolute atomic E-state index is 0.250. The molecule has 0 spiro atoms. The Morgan fingerprint density at radius 1 is 1.13 bits per heavy atom. The first-order valence-electron chi connectivity index (χ1n) is 10.2. The summed E-state index contributed by atoms with van der Waals surface area (Å²) in [5.41, 5.74) is 3.10. The highest BCUT2D eigenvalue weighted by Gasteiger charge is 2.31. The first kappa shape index (κ1) is 21.2. The van der Waals surface area contributed by atoms with Gasteiger partial charge < -0.3 is 5.32 Å². The summed E-state index contributed by atoms with van der Waals surface area (Å²) in [6.07, 6.45) is 2.40. The summed E-state index contributed by atoms with van der Waals surface area (Å²) in [4.78, 5) is 14.8. The number of rotatable bonds is 3. The molecule has 1 saturated heterocycles. The summed E-state index contributed by atoms with van der Waals surface area (Å²) in [5, 5.41) is 3.50. The van der Waals surface area contributed by atoms with Crippen LogP contribution < -0.4 is 10.2 Å². The van der Waals surface area contributed by atoms with Gasteiger partial charge in [0.05, 0.1) is 4.90 Å². The fourth-order valence-corrected chi connectivity index (χ4v) is 5.74. The van der Waals surface area contributed by atoms with Crippen LogP contribution in [-0.4, -0.2) is 38.4 Å². The third-order valence-corrected chi connectivity index (χ3v) is 8.39. The molecule has 0 bridgehead atoms. The molecule has 0 saturated carbocycles. The second-order valence-corrected chi connectivity index (χ2v) is 10.5. The van der Waals surface area contributed by atoms with Crippen LogP contribution in [0.25, 0.3) is 0 Å². The van der Waals surface area contributed by atoms with Crippen molar-refractivity contribution >= 4 is 39.0 Å². The molecule has 0 unspecified atom stereocenters. The molecule has 2 amide bonds. The van der Waals surface area contributed by atoms with E-state index in [1.54, 1.807) is 39.5 Å². The molecule has 2 aliphatic rings. The van der Waals surface area contributed by atoms with Gasteiger partial charge >= 0.3 is 6.03 Å². The van der Waals surface area contributed by atoms with E-state index in [1.165, 1.54) is 0 Å². The largest absolute Gasteiger partial charge is 0.326 e.